The van der Waals surface area contributed by atoms with E-state index in [0.29, 0.717) is 16.8 Å². The summed E-state index contributed by atoms with van der Waals surface area (Å²) in [6.45, 7) is 0. The molecular formula is C31H23FN2O6. The fourth-order valence-electron chi connectivity index (χ4n) is 5.08. The molecule has 0 aromatic heterocycles. The smallest absolute Gasteiger partial charge is 0.343 e. The zero-order valence-corrected chi connectivity index (χ0v) is 21.3. The van der Waals surface area contributed by atoms with Gasteiger partial charge in [-0.1, -0.05) is 42.5 Å². The zero-order valence-electron chi connectivity index (χ0n) is 21.3. The van der Waals surface area contributed by atoms with E-state index in [1.54, 1.807) is 53.6 Å². The molecule has 2 saturated heterocycles. The Balaban J connectivity index is 1.38. The maximum absolute atomic E-state index is 13.8. The maximum Gasteiger partial charge on any atom is 0.343 e. The number of hydroxylamine groups is 1. The molecule has 4 aromatic carbocycles. The lowest BCUT2D eigenvalue weighted by atomic mass is 9.90. The molecule has 4 aromatic rings. The highest BCUT2D eigenvalue weighted by atomic mass is 19.1. The second-order valence-electron chi connectivity index (χ2n) is 9.31. The molecule has 6 rings (SSSR count). The van der Waals surface area contributed by atoms with Crippen LogP contribution in [0.15, 0.2) is 103 Å². The number of hydrogen-bond acceptors (Lipinski definition) is 7. The first kappa shape index (κ1) is 25.3. The van der Waals surface area contributed by atoms with Gasteiger partial charge in [0.1, 0.15) is 11.7 Å². The Labute approximate surface area is 229 Å². The highest BCUT2D eigenvalue weighted by Gasteiger charge is 2.60. The van der Waals surface area contributed by atoms with Gasteiger partial charge in [0.15, 0.2) is 17.6 Å². The van der Waals surface area contributed by atoms with Crippen LogP contribution in [0.25, 0.3) is 0 Å². The van der Waals surface area contributed by atoms with E-state index in [1.807, 2.05) is 30.3 Å². The monoisotopic (exact) mass is 538 g/mol. The number of rotatable bonds is 6. The van der Waals surface area contributed by atoms with Gasteiger partial charge in [-0.2, -0.15) is 0 Å². The molecular weight excluding hydrogens is 515 g/mol. The number of para-hydroxylation sites is 1. The largest absolute Gasteiger partial charge is 0.493 e. The third kappa shape index (κ3) is 4.36. The lowest BCUT2D eigenvalue weighted by molar-refractivity contribution is -0.126. The summed E-state index contributed by atoms with van der Waals surface area (Å²) in [6.07, 6.45) is -1.09. The van der Waals surface area contributed by atoms with Gasteiger partial charge < -0.3 is 9.47 Å². The summed E-state index contributed by atoms with van der Waals surface area (Å²) in [7, 11) is 1.45. The lowest BCUT2D eigenvalue weighted by Gasteiger charge is -2.29. The van der Waals surface area contributed by atoms with E-state index in [1.165, 1.54) is 31.4 Å². The van der Waals surface area contributed by atoms with Crippen molar-refractivity contribution in [1.82, 2.24) is 0 Å². The molecule has 0 bridgehead atoms. The molecule has 2 aliphatic heterocycles. The summed E-state index contributed by atoms with van der Waals surface area (Å²) >= 11 is 0. The Hall–Kier alpha value is -5.02. The number of halogens is 1. The highest BCUT2D eigenvalue weighted by molar-refractivity contribution is 6.23. The quantitative estimate of drug-likeness (QED) is 0.192. The van der Waals surface area contributed by atoms with Gasteiger partial charge in [0.2, 0.25) is 5.91 Å². The number of nitrogens with zero attached hydrogens (tertiary/aromatic N) is 2. The SMILES string of the molecule is COc1cc(C2C3C(=O)N(c4ccc(F)cc4)C(=O)C3ON2c2ccccc2)ccc1OC(=O)c1ccccc1. The summed E-state index contributed by atoms with van der Waals surface area (Å²) in [5.74, 6) is -2.47. The van der Waals surface area contributed by atoms with Crippen molar-refractivity contribution < 1.29 is 33.1 Å². The van der Waals surface area contributed by atoms with Crippen molar-refractivity contribution in [2.75, 3.05) is 17.1 Å². The molecule has 0 aliphatic carbocycles. The second kappa shape index (κ2) is 10.3. The van der Waals surface area contributed by atoms with E-state index < -0.39 is 41.7 Å². The molecule has 3 unspecified atom stereocenters. The van der Waals surface area contributed by atoms with Gasteiger partial charge in [0.05, 0.1) is 30.1 Å². The van der Waals surface area contributed by atoms with Crippen LogP contribution in [-0.4, -0.2) is 31.0 Å². The fourth-order valence-corrected chi connectivity index (χ4v) is 5.08. The normalized spacial score (nSPS) is 20.0. The van der Waals surface area contributed by atoms with E-state index in [0.717, 1.165) is 4.90 Å². The van der Waals surface area contributed by atoms with Crippen LogP contribution in [0, 0.1) is 11.7 Å². The molecule has 2 aliphatic rings. The van der Waals surface area contributed by atoms with Gasteiger partial charge in [-0.25, -0.2) is 19.1 Å². The van der Waals surface area contributed by atoms with Gasteiger partial charge in [0, 0.05) is 0 Å². The maximum atomic E-state index is 13.8. The average molecular weight is 539 g/mol. The molecule has 2 amide bonds. The Morgan fingerprint density at radius 1 is 0.800 bits per heavy atom. The number of anilines is 2. The molecule has 200 valence electrons. The molecule has 0 N–H and O–H groups in total. The van der Waals surface area contributed by atoms with Gasteiger partial charge in [-0.05, 0) is 66.2 Å². The molecule has 3 atom stereocenters. The van der Waals surface area contributed by atoms with Crippen molar-refractivity contribution in [2.45, 2.75) is 12.1 Å². The Morgan fingerprint density at radius 2 is 1.48 bits per heavy atom. The topological polar surface area (TPSA) is 85.4 Å². The number of imide groups is 1. The van der Waals surface area contributed by atoms with Gasteiger partial charge in [-0.3, -0.25) is 14.4 Å². The third-order valence-electron chi connectivity index (χ3n) is 6.95. The van der Waals surface area contributed by atoms with Gasteiger partial charge in [0.25, 0.3) is 5.91 Å². The van der Waals surface area contributed by atoms with Crippen LogP contribution in [-0.2, 0) is 14.4 Å². The van der Waals surface area contributed by atoms with Gasteiger partial charge >= 0.3 is 5.97 Å². The summed E-state index contributed by atoms with van der Waals surface area (Å²) < 4.78 is 24.7. The van der Waals surface area contributed by atoms with E-state index in [9.17, 15) is 18.8 Å². The Bertz CT molecular complexity index is 1580. The molecule has 8 nitrogen and oxygen atoms in total. The molecule has 2 heterocycles. The second-order valence-corrected chi connectivity index (χ2v) is 9.31. The van der Waals surface area contributed by atoms with Crippen LogP contribution in [0.2, 0.25) is 0 Å². The van der Waals surface area contributed by atoms with Crippen molar-refractivity contribution in [3.05, 3.63) is 120 Å². The first-order valence-corrected chi connectivity index (χ1v) is 12.6. The number of ether oxygens (including phenoxy) is 2. The third-order valence-corrected chi connectivity index (χ3v) is 6.95. The van der Waals surface area contributed by atoms with Crippen LogP contribution in [0.4, 0.5) is 15.8 Å². The van der Waals surface area contributed by atoms with Crippen LogP contribution < -0.4 is 19.4 Å². The minimum Gasteiger partial charge on any atom is -0.493 e. The summed E-state index contributed by atoms with van der Waals surface area (Å²) in [5.41, 5.74) is 1.90. The van der Waals surface area contributed by atoms with Crippen LogP contribution in [0.3, 0.4) is 0 Å². The van der Waals surface area contributed by atoms with Crippen LogP contribution in [0.5, 0.6) is 11.5 Å². The number of amides is 2. The fraction of sp³-hybridized carbons (Fsp3) is 0.129. The first-order chi connectivity index (χ1) is 19.5. The Morgan fingerprint density at radius 3 is 2.15 bits per heavy atom. The molecule has 0 saturated carbocycles. The van der Waals surface area contributed by atoms with E-state index >= 15 is 0 Å². The van der Waals surface area contributed by atoms with Crippen molar-refractivity contribution >= 4 is 29.2 Å². The number of esters is 1. The molecule has 2 fully saturated rings. The predicted molar refractivity (Wildman–Crippen MR) is 143 cm³/mol. The van der Waals surface area contributed by atoms with Gasteiger partial charge in [-0.15, -0.1) is 0 Å². The first-order valence-electron chi connectivity index (χ1n) is 12.6. The lowest BCUT2D eigenvalue weighted by Crippen LogP contribution is -2.37. The zero-order chi connectivity index (χ0) is 27.8. The molecule has 0 spiro atoms. The van der Waals surface area contributed by atoms with E-state index in [2.05, 4.69) is 0 Å². The highest BCUT2D eigenvalue weighted by Crippen LogP contribution is 2.48. The number of hydrogen-bond donors (Lipinski definition) is 0. The van der Waals surface area contributed by atoms with Crippen molar-refractivity contribution in [1.29, 1.82) is 0 Å². The number of carbonyl (C=O) groups excluding carboxylic acids is 3. The molecule has 40 heavy (non-hydrogen) atoms. The van der Waals surface area contributed by atoms with E-state index in [4.69, 9.17) is 14.3 Å². The summed E-state index contributed by atoms with van der Waals surface area (Å²) in [4.78, 5) is 47.1. The van der Waals surface area contributed by atoms with Crippen molar-refractivity contribution in [3.8, 4) is 11.5 Å². The Kier molecular flexibility index (Phi) is 6.49. The number of carbonyl (C=O) groups is 3. The van der Waals surface area contributed by atoms with Crippen LogP contribution >= 0.6 is 0 Å². The van der Waals surface area contributed by atoms with Crippen molar-refractivity contribution in [2.24, 2.45) is 5.92 Å². The number of fused-ring (bicyclic) bond motifs is 1. The molecule has 0 radical (unpaired) electrons. The summed E-state index contributed by atoms with van der Waals surface area (Å²) in [5, 5.41) is 1.55. The minimum atomic E-state index is -1.09. The van der Waals surface area contributed by atoms with E-state index in [-0.39, 0.29) is 17.2 Å². The number of benzene rings is 4. The van der Waals surface area contributed by atoms with Crippen molar-refractivity contribution in [3.63, 3.8) is 0 Å². The molecule has 9 heteroatoms. The van der Waals surface area contributed by atoms with Crippen LogP contribution in [0.1, 0.15) is 22.0 Å². The average Bonchev–Trinajstić information content (AvgIpc) is 3.50. The number of methoxy groups -OCH3 is 1. The summed E-state index contributed by atoms with van der Waals surface area (Å²) in [6, 6.07) is 27.1. The minimum absolute atomic E-state index is 0.198. The predicted octanol–water partition coefficient (Wildman–Crippen LogP) is 5.10. The standard InChI is InChI=1S/C31H23FN2O6/c1-38-25-18-20(12-17-24(25)39-31(37)19-8-4-2-5-9-19)27-26-28(40-34(27)23-10-6-3-7-11-23)30(36)33(29(26)35)22-15-13-21(32)14-16-22/h2-18,26-28H,1H3.